The number of rotatable bonds is 4. The van der Waals surface area contributed by atoms with Gasteiger partial charge >= 0.3 is 5.97 Å². The zero-order valence-corrected chi connectivity index (χ0v) is 12.9. The Morgan fingerprint density at radius 2 is 1.96 bits per heavy atom. The van der Waals surface area contributed by atoms with E-state index in [-0.39, 0.29) is 11.6 Å². The lowest BCUT2D eigenvalue weighted by atomic mass is 10.3. The predicted molar refractivity (Wildman–Crippen MR) is 80.8 cm³/mol. The maximum Gasteiger partial charge on any atom is 0.378 e. The Morgan fingerprint density at radius 1 is 1.24 bits per heavy atom. The smallest absolute Gasteiger partial charge is 0.378 e. The van der Waals surface area contributed by atoms with E-state index in [0.29, 0.717) is 5.69 Å². The van der Waals surface area contributed by atoms with Crippen molar-refractivity contribution < 1.29 is 23.1 Å². The Hall–Kier alpha value is -3.43. The number of amides is 1. The molecule has 25 heavy (non-hydrogen) atoms. The van der Waals surface area contributed by atoms with Crippen LogP contribution in [-0.2, 0) is 9.53 Å². The summed E-state index contributed by atoms with van der Waals surface area (Å²) >= 11 is 0. The van der Waals surface area contributed by atoms with Gasteiger partial charge in [0.2, 0.25) is 0 Å². The lowest BCUT2D eigenvalue weighted by Gasteiger charge is -2.07. The quantitative estimate of drug-likeness (QED) is 0.718. The fourth-order valence-electron chi connectivity index (χ4n) is 1.98. The Morgan fingerprint density at radius 3 is 2.64 bits per heavy atom. The molecule has 0 bridgehead atoms. The summed E-state index contributed by atoms with van der Waals surface area (Å²) < 4.78 is 33.0. The molecule has 3 rings (SSSR count). The second-order valence-electron chi connectivity index (χ2n) is 4.95. The molecule has 0 aliphatic rings. The van der Waals surface area contributed by atoms with Crippen LogP contribution in [0, 0.1) is 18.6 Å². The van der Waals surface area contributed by atoms with Gasteiger partial charge in [0, 0.05) is 11.9 Å². The van der Waals surface area contributed by atoms with Gasteiger partial charge in [0.15, 0.2) is 6.61 Å². The lowest BCUT2D eigenvalue weighted by Crippen LogP contribution is -2.22. The number of ether oxygens (including phenoxy) is 1. The van der Waals surface area contributed by atoms with E-state index in [1.165, 1.54) is 10.7 Å². The second-order valence-corrected chi connectivity index (χ2v) is 4.95. The highest BCUT2D eigenvalue weighted by molar-refractivity contribution is 5.94. The number of nitrogens with one attached hydrogen (secondary N) is 1. The molecule has 0 fully saturated rings. The number of anilines is 1. The van der Waals surface area contributed by atoms with Crippen molar-refractivity contribution in [1.82, 2.24) is 19.6 Å². The second kappa shape index (κ2) is 6.59. The molecule has 8 nitrogen and oxygen atoms in total. The van der Waals surface area contributed by atoms with Crippen LogP contribution >= 0.6 is 0 Å². The van der Waals surface area contributed by atoms with Crippen LogP contribution in [0.5, 0.6) is 0 Å². The van der Waals surface area contributed by atoms with Crippen LogP contribution in [-0.4, -0.2) is 38.1 Å². The van der Waals surface area contributed by atoms with Crippen LogP contribution in [0.4, 0.5) is 14.5 Å². The van der Waals surface area contributed by atoms with Gasteiger partial charge in [-0.15, -0.1) is 5.10 Å². The first-order valence-electron chi connectivity index (χ1n) is 7.05. The van der Waals surface area contributed by atoms with E-state index in [0.717, 1.165) is 18.2 Å². The number of aromatic nitrogens is 4. The summed E-state index contributed by atoms with van der Waals surface area (Å²) in [4.78, 5) is 31.4. The molecule has 1 N–H and O–H groups in total. The fourth-order valence-corrected chi connectivity index (χ4v) is 1.98. The van der Waals surface area contributed by atoms with Gasteiger partial charge < -0.3 is 10.1 Å². The normalized spacial score (nSPS) is 10.7. The molecule has 0 unspecified atom stereocenters. The number of benzene rings is 1. The Balaban J connectivity index is 1.65. The molecule has 2 heterocycles. The van der Waals surface area contributed by atoms with Crippen molar-refractivity contribution in [2.45, 2.75) is 6.92 Å². The van der Waals surface area contributed by atoms with Gasteiger partial charge in [-0.05, 0) is 25.1 Å². The van der Waals surface area contributed by atoms with Gasteiger partial charge in [-0.2, -0.15) is 4.98 Å². The van der Waals surface area contributed by atoms with Gasteiger partial charge in [-0.25, -0.2) is 23.1 Å². The monoisotopic (exact) mass is 347 g/mol. The number of hydrogen-bond acceptors (Lipinski definition) is 6. The van der Waals surface area contributed by atoms with Crippen LogP contribution in [0.2, 0.25) is 0 Å². The SMILES string of the molecule is Cc1ccnc2nc(C(=O)OCC(=O)Nc3c(F)cccc3F)nn12. The van der Waals surface area contributed by atoms with Crippen molar-refractivity contribution in [2.24, 2.45) is 0 Å². The summed E-state index contributed by atoms with van der Waals surface area (Å²) in [5, 5.41) is 5.92. The third kappa shape index (κ3) is 3.42. The summed E-state index contributed by atoms with van der Waals surface area (Å²) in [7, 11) is 0. The molecule has 0 saturated carbocycles. The number of carbonyl (C=O) groups is 2. The molecule has 0 radical (unpaired) electrons. The fraction of sp³-hybridized carbons (Fsp3) is 0.133. The average molecular weight is 347 g/mol. The van der Waals surface area contributed by atoms with Crippen molar-refractivity contribution in [3.63, 3.8) is 0 Å². The van der Waals surface area contributed by atoms with Gasteiger partial charge in [0.1, 0.15) is 17.3 Å². The van der Waals surface area contributed by atoms with Crippen molar-refractivity contribution in [1.29, 1.82) is 0 Å². The lowest BCUT2D eigenvalue weighted by molar-refractivity contribution is -0.119. The Kier molecular flexibility index (Phi) is 4.33. The summed E-state index contributed by atoms with van der Waals surface area (Å²) in [5.41, 5.74) is 0.0820. The van der Waals surface area contributed by atoms with Gasteiger partial charge in [-0.3, -0.25) is 4.79 Å². The molecular formula is C15H11F2N5O3. The molecule has 2 aromatic heterocycles. The summed E-state index contributed by atoms with van der Waals surface area (Å²) in [6, 6.07) is 4.81. The van der Waals surface area contributed by atoms with Crippen LogP contribution in [0.25, 0.3) is 5.78 Å². The minimum atomic E-state index is -0.964. The van der Waals surface area contributed by atoms with E-state index in [2.05, 4.69) is 15.1 Å². The van der Waals surface area contributed by atoms with E-state index < -0.39 is 35.8 Å². The molecular weight excluding hydrogens is 336 g/mol. The third-order valence-corrected chi connectivity index (χ3v) is 3.17. The Labute approximate surface area is 139 Å². The maximum absolute atomic E-state index is 13.4. The van der Waals surface area contributed by atoms with Crippen molar-refractivity contribution in [3.8, 4) is 0 Å². The zero-order valence-electron chi connectivity index (χ0n) is 12.9. The molecule has 0 atom stereocenters. The van der Waals surface area contributed by atoms with Crippen molar-refractivity contribution in [3.05, 3.63) is 53.6 Å². The number of aryl methyl sites for hydroxylation is 1. The first-order valence-corrected chi connectivity index (χ1v) is 7.05. The molecule has 10 heteroatoms. The largest absolute Gasteiger partial charge is 0.450 e. The molecule has 1 amide bonds. The highest BCUT2D eigenvalue weighted by Crippen LogP contribution is 2.17. The summed E-state index contributed by atoms with van der Waals surface area (Å²) in [6.07, 6.45) is 1.50. The van der Waals surface area contributed by atoms with Crippen LogP contribution in [0.15, 0.2) is 30.5 Å². The summed E-state index contributed by atoms with van der Waals surface area (Å²) in [5.74, 6) is -3.84. The minimum absolute atomic E-state index is 0.199. The highest BCUT2D eigenvalue weighted by atomic mass is 19.1. The van der Waals surface area contributed by atoms with Gasteiger partial charge in [0.05, 0.1) is 0 Å². The van der Waals surface area contributed by atoms with Crippen molar-refractivity contribution >= 4 is 23.3 Å². The van der Waals surface area contributed by atoms with Crippen LogP contribution in [0.1, 0.15) is 16.3 Å². The van der Waals surface area contributed by atoms with Gasteiger partial charge in [-0.1, -0.05) is 6.07 Å². The summed E-state index contributed by atoms with van der Waals surface area (Å²) in [6.45, 7) is 0.990. The molecule has 3 aromatic rings. The van der Waals surface area contributed by atoms with Crippen LogP contribution in [0.3, 0.4) is 0 Å². The first kappa shape index (κ1) is 16.4. The first-order chi connectivity index (χ1) is 12.0. The molecule has 0 spiro atoms. The number of nitrogens with zero attached hydrogens (tertiary/aromatic N) is 4. The molecule has 1 aromatic carbocycles. The van der Waals surface area contributed by atoms with E-state index in [9.17, 15) is 18.4 Å². The van der Waals surface area contributed by atoms with E-state index >= 15 is 0 Å². The number of esters is 1. The van der Waals surface area contributed by atoms with E-state index in [1.54, 1.807) is 13.0 Å². The molecule has 0 saturated heterocycles. The van der Waals surface area contributed by atoms with E-state index in [1.807, 2.05) is 5.32 Å². The average Bonchev–Trinajstić information content (AvgIpc) is 3.02. The Bertz CT molecular complexity index is 953. The van der Waals surface area contributed by atoms with Crippen LogP contribution < -0.4 is 5.32 Å². The molecule has 0 aliphatic heterocycles. The highest BCUT2D eigenvalue weighted by Gasteiger charge is 2.18. The third-order valence-electron chi connectivity index (χ3n) is 3.17. The predicted octanol–water partition coefficient (Wildman–Crippen LogP) is 1.51. The van der Waals surface area contributed by atoms with E-state index in [4.69, 9.17) is 4.74 Å². The maximum atomic E-state index is 13.4. The topological polar surface area (TPSA) is 98.5 Å². The number of halogens is 2. The zero-order chi connectivity index (χ0) is 18.0. The number of para-hydroxylation sites is 1. The van der Waals surface area contributed by atoms with Crippen molar-refractivity contribution in [2.75, 3.05) is 11.9 Å². The number of carbonyl (C=O) groups excluding carboxylic acids is 2. The standard InChI is InChI=1S/C15H11F2N5O3/c1-8-5-6-18-15-20-13(21-22(8)15)14(24)25-7-11(23)19-12-9(16)3-2-4-10(12)17/h2-6H,7H2,1H3,(H,19,23). The van der Waals surface area contributed by atoms with Gasteiger partial charge in [0.25, 0.3) is 17.5 Å². The molecule has 0 aliphatic carbocycles. The minimum Gasteiger partial charge on any atom is -0.450 e. The number of fused-ring (bicyclic) bond motifs is 1. The number of hydrogen-bond donors (Lipinski definition) is 1. The molecule has 128 valence electrons.